The quantitative estimate of drug-likeness (QED) is 0.747. The molecule has 0 saturated heterocycles. The van der Waals surface area contributed by atoms with Crippen LogP contribution in [0.4, 0.5) is 4.79 Å². The molecule has 25 heavy (non-hydrogen) atoms. The molecule has 0 bridgehead atoms. The first-order valence-electron chi connectivity index (χ1n) is 8.16. The number of hydrogen-bond acceptors (Lipinski definition) is 4. The molecule has 3 rings (SSSR count). The predicted molar refractivity (Wildman–Crippen MR) is 95.4 cm³/mol. The third-order valence-corrected chi connectivity index (χ3v) is 4.05. The fourth-order valence-electron chi connectivity index (χ4n) is 2.76. The molecule has 130 valence electrons. The zero-order valence-corrected chi connectivity index (χ0v) is 14.3. The Balaban J connectivity index is 1.60. The first-order valence-corrected chi connectivity index (χ1v) is 8.16. The maximum absolute atomic E-state index is 11.9. The van der Waals surface area contributed by atoms with Gasteiger partial charge in [-0.2, -0.15) is 5.10 Å². The summed E-state index contributed by atoms with van der Waals surface area (Å²) in [5, 5.41) is 18.0. The fraction of sp³-hybridized carbons (Fsp3) is 0.263. The second-order valence-electron chi connectivity index (χ2n) is 6.08. The van der Waals surface area contributed by atoms with Crippen molar-refractivity contribution in [1.82, 2.24) is 15.1 Å². The molecular formula is C19H21N3O3. The van der Waals surface area contributed by atoms with Gasteiger partial charge in [0.2, 0.25) is 0 Å². The maximum Gasteiger partial charge on any atom is 0.407 e. The smallest absolute Gasteiger partial charge is 0.407 e. The van der Waals surface area contributed by atoms with Gasteiger partial charge in [0.05, 0.1) is 18.3 Å². The Morgan fingerprint density at radius 1 is 1.28 bits per heavy atom. The van der Waals surface area contributed by atoms with Crippen LogP contribution in [-0.2, 0) is 17.9 Å². The van der Waals surface area contributed by atoms with E-state index in [0.717, 1.165) is 22.0 Å². The zero-order chi connectivity index (χ0) is 17.8. The minimum Gasteiger partial charge on any atom is -0.508 e. The summed E-state index contributed by atoms with van der Waals surface area (Å²) in [5.41, 5.74) is 2.58. The minimum atomic E-state index is -0.465. The molecule has 0 spiro atoms. The van der Waals surface area contributed by atoms with Gasteiger partial charge in [0, 0.05) is 17.0 Å². The van der Waals surface area contributed by atoms with Crippen LogP contribution in [0.2, 0.25) is 0 Å². The number of nitrogens with one attached hydrogen (secondary N) is 1. The molecule has 1 aromatic heterocycles. The number of amides is 1. The lowest BCUT2D eigenvalue weighted by Gasteiger charge is -2.15. The van der Waals surface area contributed by atoms with Gasteiger partial charge in [0.25, 0.3) is 0 Å². The van der Waals surface area contributed by atoms with Crippen LogP contribution in [-0.4, -0.2) is 27.0 Å². The van der Waals surface area contributed by atoms with Crippen LogP contribution in [0.5, 0.6) is 5.75 Å². The molecule has 2 aromatic carbocycles. The fourth-order valence-corrected chi connectivity index (χ4v) is 2.76. The number of phenolic OH excluding ortho intramolecular Hbond substituents is 1. The molecule has 0 aliphatic rings. The molecule has 0 aliphatic heterocycles. The van der Waals surface area contributed by atoms with Gasteiger partial charge in [-0.05, 0) is 31.5 Å². The molecule has 0 aliphatic carbocycles. The first kappa shape index (κ1) is 16.8. The summed E-state index contributed by atoms with van der Waals surface area (Å²) in [4.78, 5) is 11.9. The van der Waals surface area contributed by atoms with Crippen LogP contribution in [0.3, 0.4) is 0 Å². The van der Waals surface area contributed by atoms with Crippen LogP contribution in [0.1, 0.15) is 18.1 Å². The van der Waals surface area contributed by atoms with Crippen LogP contribution in [0.25, 0.3) is 10.9 Å². The number of hydrogen-bond donors (Lipinski definition) is 2. The zero-order valence-electron chi connectivity index (χ0n) is 14.3. The predicted octanol–water partition coefficient (Wildman–Crippen LogP) is 3.37. The lowest BCUT2D eigenvalue weighted by atomic mass is 10.1. The Bertz CT molecular complexity index is 874. The first-order chi connectivity index (χ1) is 12.0. The summed E-state index contributed by atoms with van der Waals surface area (Å²) >= 11 is 0. The average Bonchev–Trinajstić information content (AvgIpc) is 3.00. The van der Waals surface area contributed by atoms with E-state index >= 15 is 0 Å². The SMILES string of the molecule is Cc1c(O)ccc2cnn(C[C@H](C)NC(=O)OCc3ccccc3)c12. The molecule has 2 N–H and O–H groups in total. The Morgan fingerprint density at radius 2 is 2.04 bits per heavy atom. The van der Waals surface area contributed by atoms with Crippen LogP contribution in [0, 0.1) is 6.92 Å². The van der Waals surface area contributed by atoms with Gasteiger partial charge in [-0.25, -0.2) is 4.79 Å². The Hall–Kier alpha value is -3.02. The van der Waals surface area contributed by atoms with Crippen LogP contribution in [0.15, 0.2) is 48.7 Å². The lowest BCUT2D eigenvalue weighted by molar-refractivity contribution is 0.135. The number of benzene rings is 2. The van der Waals surface area contributed by atoms with Crippen molar-refractivity contribution >= 4 is 17.0 Å². The molecular weight excluding hydrogens is 318 g/mol. The highest BCUT2D eigenvalue weighted by atomic mass is 16.5. The molecule has 1 amide bonds. The molecule has 0 fully saturated rings. The number of aromatic nitrogens is 2. The molecule has 0 saturated carbocycles. The van der Waals surface area contributed by atoms with E-state index in [2.05, 4.69) is 10.4 Å². The summed E-state index contributed by atoms with van der Waals surface area (Å²) in [6.07, 6.45) is 1.29. The second-order valence-corrected chi connectivity index (χ2v) is 6.08. The van der Waals surface area contributed by atoms with Gasteiger partial charge in [0.1, 0.15) is 12.4 Å². The molecule has 3 aromatic rings. The van der Waals surface area contributed by atoms with Crippen molar-refractivity contribution < 1.29 is 14.6 Å². The monoisotopic (exact) mass is 339 g/mol. The number of ether oxygens (including phenoxy) is 1. The largest absolute Gasteiger partial charge is 0.508 e. The maximum atomic E-state index is 11.9. The van der Waals surface area contributed by atoms with E-state index in [1.54, 1.807) is 16.9 Å². The van der Waals surface area contributed by atoms with Crippen LogP contribution >= 0.6 is 0 Å². The van der Waals surface area contributed by atoms with E-state index in [1.165, 1.54) is 0 Å². The number of aryl methyl sites for hydroxylation is 1. The van der Waals surface area contributed by atoms with Gasteiger partial charge < -0.3 is 15.2 Å². The van der Waals surface area contributed by atoms with Crippen molar-refractivity contribution in [2.45, 2.75) is 33.0 Å². The summed E-state index contributed by atoms with van der Waals surface area (Å²) in [6.45, 7) is 4.45. The average molecular weight is 339 g/mol. The number of carbonyl (C=O) groups excluding carboxylic acids is 1. The molecule has 1 atom stereocenters. The van der Waals surface area contributed by atoms with E-state index in [9.17, 15) is 9.90 Å². The Kier molecular flexibility index (Phi) is 4.88. The van der Waals surface area contributed by atoms with Gasteiger partial charge >= 0.3 is 6.09 Å². The summed E-state index contributed by atoms with van der Waals surface area (Å²) in [5.74, 6) is 0.233. The standard InChI is InChI=1S/C19H21N3O3/c1-13(21-19(24)25-12-15-6-4-3-5-7-15)11-22-18-14(2)17(23)9-8-16(18)10-20-22/h3-10,13,23H,11-12H2,1-2H3,(H,21,24)/t13-/m0/s1. The Labute approximate surface area is 146 Å². The van der Waals surface area contributed by atoms with Crippen molar-refractivity contribution in [2.24, 2.45) is 0 Å². The summed E-state index contributed by atoms with van der Waals surface area (Å²) < 4.78 is 7.01. The van der Waals surface area contributed by atoms with Crippen molar-refractivity contribution in [3.8, 4) is 5.75 Å². The Morgan fingerprint density at radius 3 is 2.80 bits per heavy atom. The third-order valence-electron chi connectivity index (χ3n) is 4.05. The number of phenols is 1. The van der Waals surface area contributed by atoms with E-state index in [-0.39, 0.29) is 18.4 Å². The second kappa shape index (κ2) is 7.25. The highest BCUT2D eigenvalue weighted by molar-refractivity contribution is 5.83. The topological polar surface area (TPSA) is 76.4 Å². The highest BCUT2D eigenvalue weighted by Crippen LogP contribution is 2.26. The number of nitrogens with zero attached hydrogens (tertiary/aromatic N) is 2. The lowest BCUT2D eigenvalue weighted by Crippen LogP contribution is -2.36. The summed E-state index contributed by atoms with van der Waals surface area (Å²) in [7, 11) is 0. The number of alkyl carbamates (subject to hydrolysis) is 1. The molecule has 0 radical (unpaired) electrons. The van der Waals surface area contributed by atoms with Crippen molar-refractivity contribution in [1.29, 1.82) is 0 Å². The number of aromatic hydroxyl groups is 1. The van der Waals surface area contributed by atoms with E-state index in [1.807, 2.05) is 50.2 Å². The van der Waals surface area contributed by atoms with Crippen molar-refractivity contribution in [3.05, 3.63) is 59.8 Å². The molecule has 1 heterocycles. The van der Waals surface area contributed by atoms with E-state index in [0.29, 0.717) is 6.54 Å². The minimum absolute atomic E-state index is 0.173. The molecule has 6 heteroatoms. The normalized spacial score (nSPS) is 12.1. The van der Waals surface area contributed by atoms with E-state index < -0.39 is 6.09 Å². The third kappa shape index (κ3) is 3.91. The van der Waals surface area contributed by atoms with Crippen molar-refractivity contribution in [3.63, 3.8) is 0 Å². The van der Waals surface area contributed by atoms with Gasteiger partial charge in [-0.3, -0.25) is 4.68 Å². The molecule has 0 unspecified atom stereocenters. The van der Waals surface area contributed by atoms with Gasteiger partial charge in [0.15, 0.2) is 0 Å². The van der Waals surface area contributed by atoms with Crippen molar-refractivity contribution in [2.75, 3.05) is 0 Å². The number of fused-ring (bicyclic) bond motifs is 1. The van der Waals surface area contributed by atoms with Gasteiger partial charge in [-0.1, -0.05) is 30.3 Å². The van der Waals surface area contributed by atoms with Crippen LogP contribution < -0.4 is 5.32 Å². The highest BCUT2D eigenvalue weighted by Gasteiger charge is 2.13. The molecule has 6 nitrogen and oxygen atoms in total. The summed E-state index contributed by atoms with van der Waals surface area (Å²) in [6, 6.07) is 12.8. The number of rotatable bonds is 5. The van der Waals surface area contributed by atoms with Gasteiger partial charge in [-0.15, -0.1) is 0 Å². The van der Waals surface area contributed by atoms with E-state index in [4.69, 9.17) is 4.74 Å². The number of carbonyl (C=O) groups is 1.